The van der Waals surface area contributed by atoms with Crippen LogP contribution in [0.15, 0.2) is 11.1 Å². The van der Waals surface area contributed by atoms with Crippen LogP contribution in [0.1, 0.15) is 13.8 Å². The van der Waals surface area contributed by atoms with E-state index in [1.165, 1.54) is 6.92 Å². The predicted octanol–water partition coefficient (Wildman–Crippen LogP) is -0.842. The van der Waals surface area contributed by atoms with Crippen LogP contribution in [-0.2, 0) is 9.59 Å². The first-order chi connectivity index (χ1) is 7.11. The lowest BCUT2D eigenvalue weighted by Gasteiger charge is -2.21. The minimum atomic E-state index is -0.0810. The van der Waals surface area contributed by atoms with E-state index in [-0.39, 0.29) is 11.8 Å². The number of rotatable bonds is 4. The van der Waals surface area contributed by atoms with E-state index in [2.05, 4.69) is 16.0 Å². The molecule has 5 heteroatoms. The Labute approximate surface area is 89.3 Å². The third kappa shape index (κ3) is 3.71. The standard InChI is InChI=1S/C10H17N3O2/c1-7(9-5-11-6-9)10(15)13-4-3-12-8(2)14/h11H,3-6H2,1-2H3,(H,12,14)(H,13,15). The first kappa shape index (κ1) is 11.7. The van der Waals surface area contributed by atoms with Crippen molar-refractivity contribution < 1.29 is 9.59 Å². The normalized spacial score (nSPS) is 14.1. The molecule has 84 valence electrons. The summed E-state index contributed by atoms with van der Waals surface area (Å²) in [5, 5.41) is 8.45. The van der Waals surface area contributed by atoms with E-state index in [0.29, 0.717) is 13.1 Å². The van der Waals surface area contributed by atoms with E-state index in [0.717, 1.165) is 24.2 Å². The Hall–Kier alpha value is -1.36. The van der Waals surface area contributed by atoms with Crippen LogP contribution in [0, 0.1) is 0 Å². The van der Waals surface area contributed by atoms with Crippen molar-refractivity contribution >= 4 is 11.8 Å². The molecule has 0 unspecified atom stereocenters. The topological polar surface area (TPSA) is 70.2 Å². The highest BCUT2D eigenvalue weighted by molar-refractivity contribution is 5.93. The van der Waals surface area contributed by atoms with E-state index in [4.69, 9.17) is 0 Å². The Bertz CT molecular complexity index is 291. The zero-order valence-corrected chi connectivity index (χ0v) is 9.14. The third-order valence-corrected chi connectivity index (χ3v) is 2.33. The summed E-state index contributed by atoms with van der Waals surface area (Å²) in [6.07, 6.45) is 0. The van der Waals surface area contributed by atoms with Crippen LogP contribution in [0.5, 0.6) is 0 Å². The van der Waals surface area contributed by atoms with Gasteiger partial charge >= 0.3 is 0 Å². The molecule has 0 aromatic carbocycles. The molecule has 1 saturated heterocycles. The van der Waals surface area contributed by atoms with Crippen LogP contribution in [0.2, 0.25) is 0 Å². The van der Waals surface area contributed by atoms with Crippen LogP contribution >= 0.6 is 0 Å². The van der Waals surface area contributed by atoms with E-state index < -0.39 is 0 Å². The van der Waals surface area contributed by atoms with Gasteiger partial charge in [0.15, 0.2) is 0 Å². The summed E-state index contributed by atoms with van der Waals surface area (Å²) in [7, 11) is 0. The molecule has 15 heavy (non-hydrogen) atoms. The highest BCUT2D eigenvalue weighted by Gasteiger charge is 2.15. The summed E-state index contributed by atoms with van der Waals surface area (Å²) in [4.78, 5) is 22.1. The van der Waals surface area contributed by atoms with Gasteiger partial charge in [-0.15, -0.1) is 0 Å². The molecule has 0 aliphatic carbocycles. The molecule has 2 amide bonds. The van der Waals surface area contributed by atoms with Crippen molar-refractivity contribution in [2.45, 2.75) is 13.8 Å². The number of amides is 2. The van der Waals surface area contributed by atoms with Crippen LogP contribution in [0.4, 0.5) is 0 Å². The average molecular weight is 211 g/mol. The molecule has 1 heterocycles. The van der Waals surface area contributed by atoms with E-state index in [1.807, 2.05) is 6.92 Å². The third-order valence-electron chi connectivity index (χ3n) is 2.33. The van der Waals surface area contributed by atoms with Crippen molar-refractivity contribution in [3.8, 4) is 0 Å². The quantitative estimate of drug-likeness (QED) is 0.419. The van der Waals surface area contributed by atoms with Gasteiger partial charge in [-0.25, -0.2) is 0 Å². The van der Waals surface area contributed by atoms with Crippen LogP contribution < -0.4 is 16.0 Å². The van der Waals surface area contributed by atoms with Gasteiger partial charge in [-0.05, 0) is 12.5 Å². The average Bonchev–Trinajstić information content (AvgIpc) is 2.08. The molecule has 1 fully saturated rings. The van der Waals surface area contributed by atoms with Crippen molar-refractivity contribution in [3.63, 3.8) is 0 Å². The minimum absolute atomic E-state index is 0.0446. The van der Waals surface area contributed by atoms with E-state index in [1.54, 1.807) is 0 Å². The van der Waals surface area contributed by atoms with Gasteiger partial charge in [0.2, 0.25) is 11.8 Å². The molecular formula is C10H17N3O2. The van der Waals surface area contributed by atoms with Crippen molar-refractivity contribution in [1.82, 2.24) is 16.0 Å². The van der Waals surface area contributed by atoms with Gasteiger partial charge in [-0.3, -0.25) is 9.59 Å². The Kier molecular flexibility index (Phi) is 4.30. The van der Waals surface area contributed by atoms with E-state index in [9.17, 15) is 9.59 Å². The van der Waals surface area contributed by atoms with Crippen LogP contribution in [-0.4, -0.2) is 38.0 Å². The van der Waals surface area contributed by atoms with Crippen LogP contribution in [0.25, 0.3) is 0 Å². The fourth-order valence-electron chi connectivity index (χ4n) is 1.22. The molecule has 1 aliphatic heterocycles. The SMILES string of the molecule is CC(=O)NCCNC(=O)C(C)=C1CNC1. The van der Waals surface area contributed by atoms with Gasteiger partial charge in [-0.1, -0.05) is 0 Å². The molecule has 1 aliphatic rings. The molecule has 0 spiro atoms. The van der Waals surface area contributed by atoms with Crippen molar-refractivity contribution in [2.24, 2.45) is 0 Å². The maximum Gasteiger partial charge on any atom is 0.247 e. The molecule has 0 radical (unpaired) electrons. The molecule has 0 saturated carbocycles. The molecule has 0 aromatic heterocycles. The summed E-state index contributed by atoms with van der Waals surface area (Å²) < 4.78 is 0. The zero-order valence-electron chi connectivity index (χ0n) is 9.14. The maximum absolute atomic E-state index is 11.5. The zero-order chi connectivity index (χ0) is 11.3. The van der Waals surface area contributed by atoms with Gasteiger partial charge in [-0.2, -0.15) is 0 Å². The largest absolute Gasteiger partial charge is 0.355 e. The Morgan fingerprint density at radius 1 is 1.20 bits per heavy atom. The number of hydrogen-bond donors (Lipinski definition) is 3. The highest BCUT2D eigenvalue weighted by atomic mass is 16.2. The number of hydrogen-bond acceptors (Lipinski definition) is 3. The first-order valence-corrected chi connectivity index (χ1v) is 5.03. The smallest absolute Gasteiger partial charge is 0.247 e. The Balaban J connectivity index is 2.21. The predicted molar refractivity (Wildman–Crippen MR) is 57.3 cm³/mol. The molecular weight excluding hydrogens is 194 g/mol. The summed E-state index contributed by atoms with van der Waals surface area (Å²) >= 11 is 0. The van der Waals surface area contributed by atoms with Gasteiger partial charge < -0.3 is 16.0 Å². The minimum Gasteiger partial charge on any atom is -0.355 e. The fraction of sp³-hybridized carbons (Fsp3) is 0.600. The monoisotopic (exact) mass is 211 g/mol. The van der Waals surface area contributed by atoms with Crippen molar-refractivity contribution in [2.75, 3.05) is 26.2 Å². The fourth-order valence-corrected chi connectivity index (χ4v) is 1.22. The summed E-state index contributed by atoms with van der Waals surface area (Å²) in [5.74, 6) is -0.126. The second-order valence-corrected chi connectivity index (χ2v) is 3.57. The molecule has 0 aromatic rings. The van der Waals surface area contributed by atoms with Crippen molar-refractivity contribution in [1.29, 1.82) is 0 Å². The van der Waals surface area contributed by atoms with Gasteiger partial charge in [0, 0.05) is 38.7 Å². The molecule has 0 bridgehead atoms. The lowest BCUT2D eigenvalue weighted by Crippen LogP contribution is -2.39. The summed E-state index contributed by atoms with van der Waals surface area (Å²) in [6.45, 7) is 5.84. The summed E-state index contributed by atoms with van der Waals surface area (Å²) in [6, 6.07) is 0. The summed E-state index contributed by atoms with van der Waals surface area (Å²) in [5.41, 5.74) is 1.95. The molecule has 3 N–H and O–H groups in total. The van der Waals surface area contributed by atoms with Gasteiger partial charge in [0.1, 0.15) is 0 Å². The van der Waals surface area contributed by atoms with Crippen LogP contribution in [0.3, 0.4) is 0 Å². The number of carbonyl (C=O) groups is 2. The van der Waals surface area contributed by atoms with Gasteiger partial charge in [0.05, 0.1) is 0 Å². The second-order valence-electron chi connectivity index (χ2n) is 3.57. The van der Waals surface area contributed by atoms with E-state index >= 15 is 0 Å². The molecule has 1 rings (SSSR count). The lowest BCUT2D eigenvalue weighted by atomic mass is 10.0. The van der Waals surface area contributed by atoms with Crippen molar-refractivity contribution in [3.05, 3.63) is 11.1 Å². The molecule has 0 atom stereocenters. The Morgan fingerprint density at radius 3 is 2.27 bits per heavy atom. The number of nitrogens with one attached hydrogen (secondary N) is 3. The lowest BCUT2D eigenvalue weighted by molar-refractivity contribution is -0.120. The van der Waals surface area contributed by atoms with Gasteiger partial charge in [0.25, 0.3) is 0 Å². The highest BCUT2D eigenvalue weighted by Crippen LogP contribution is 2.08. The number of carbonyl (C=O) groups excluding carboxylic acids is 2. The Morgan fingerprint density at radius 2 is 1.80 bits per heavy atom. The second kappa shape index (κ2) is 5.50. The molecule has 5 nitrogen and oxygen atoms in total. The maximum atomic E-state index is 11.5. The first-order valence-electron chi connectivity index (χ1n) is 5.03.